The SMILES string of the molecule is CCN(CC)CCc1c(C)c2cc(CN3CCOCC3)c(OCC(=O)O)c(Cl)c2oc1=O.Cl.Cl. The Kier molecular flexibility index (Phi) is 12.7. The van der Waals surface area contributed by atoms with E-state index in [4.69, 9.17) is 30.6 Å². The molecule has 0 aliphatic carbocycles. The third-order valence-electron chi connectivity index (χ3n) is 5.96. The lowest BCUT2D eigenvalue weighted by atomic mass is 10.0. The Morgan fingerprint density at radius 2 is 1.88 bits per heavy atom. The highest BCUT2D eigenvalue weighted by Gasteiger charge is 2.23. The van der Waals surface area contributed by atoms with Crippen molar-refractivity contribution in [3.8, 4) is 5.75 Å². The fourth-order valence-corrected chi connectivity index (χ4v) is 4.34. The lowest BCUT2D eigenvalue weighted by Crippen LogP contribution is -2.35. The molecule has 3 rings (SSSR count). The molecule has 1 aromatic heterocycles. The fourth-order valence-electron chi connectivity index (χ4n) is 4.02. The standard InChI is InChI=1S/C23H31ClN2O6.2ClH/c1-4-25(5-2)7-6-17-15(3)18-12-16(13-26-8-10-30-11-9-26)21(31-14-19(27)28)20(24)22(18)32-23(17)29;;/h12H,4-11,13-14H2,1-3H3,(H,27,28);2*1H. The van der Waals surface area contributed by atoms with E-state index in [1.165, 1.54) is 0 Å². The number of carboxylic acids is 1. The molecule has 2 heterocycles. The molecule has 192 valence electrons. The Hall–Kier alpha value is -1.55. The molecular weight excluding hydrogens is 507 g/mol. The average molecular weight is 540 g/mol. The minimum atomic E-state index is -1.11. The van der Waals surface area contributed by atoms with Crippen LogP contribution in [-0.2, 0) is 22.5 Å². The van der Waals surface area contributed by atoms with Crippen LogP contribution in [0, 0.1) is 6.92 Å². The first-order valence-electron chi connectivity index (χ1n) is 11.0. The fraction of sp³-hybridized carbons (Fsp3) is 0.565. The molecule has 2 aromatic rings. The number of hydrogen-bond donors (Lipinski definition) is 1. The van der Waals surface area contributed by atoms with Gasteiger partial charge in [0.15, 0.2) is 12.2 Å². The average Bonchev–Trinajstić information content (AvgIpc) is 2.77. The minimum absolute atomic E-state index is 0. The van der Waals surface area contributed by atoms with Crippen LogP contribution in [-0.4, -0.2) is 73.4 Å². The van der Waals surface area contributed by atoms with Gasteiger partial charge >= 0.3 is 11.6 Å². The summed E-state index contributed by atoms with van der Waals surface area (Å²) in [7, 11) is 0. The number of likely N-dealkylation sites (N-methyl/N-ethyl adjacent to an activating group) is 1. The summed E-state index contributed by atoms with van der Waals surface area (Å²) >= 11 is 6.61. The second-order valence-corrected chi connectivity index (χ2v) is 8.27. The van der Waals surface area contributed by atoms with E-state index in [-0.39, 0.29) is 41.2 Å². The number of ether oxygens (including phenoxy) is 2. The second-order valence-electron chi connectivity index (χ2n) is 7.90. The zero-order valence-electron chi connectivity index (χ0n) is 19.7. The maximum absolute atomic E-state index is 12.8. The molecule has 0 saturated carbocycles. The molecule has 0 atom stereocenters. The number of benzene rings is 1. The summed E-state index contributed by atoms with van der Waals surface area (Å²) in [5, 5.41) is 9.96. The van der Waals surface area contributed by atoms with Crippen molar-refractivity contribution in [3.05, 3.63) is 38.2 Å². The number of carboxylic acid groups (broad SMARTS) is 1. The summed E-state index contributed by atoms with van der Waals surface area (Å²) < 4.78 is 16.6. The van der Waals surface area contributed by atoms with E-state index in [9.17, 15) is 9.59 Å². The van der Waals surface area contributed by atoms with Crippen molar-refractivity contribution in [2.45, 2.75) is 33.7 Å². The molecule has 34 heavy (non-hydrogen) atoms. The number of morpholine rings is 1. The molecule has 1 N–H and O–H groups in total. The molecule has 0 bridgehead atoms. The van der Waals surface area contributed by atoms with Crippen molar-refractivity contribution in [3.63, 3.8) is 0 Å². The topological polar surface area (TPSA) is 92.5 Å². The zero-order valence-corrected chi connectivity index (χ0v) is 22.1. The van der Waals surface area contributed by atoms with Gasteiger partial charge in [-0.2, -0.15) is 0 Å². The summed E-state index contributed by atoms with van der Waals surface area (Å²) in [6.07, 6.45) is 0.583. The van der Waals surface area contributed by atoms with Crippen LogP contribution in [0.2, 0.25) is 5.02 Å². The van der Waals surface area contributed by atoms with Crippen LogP contribution in [0.1, 0.15) is 30.5 Å². The third kappa shape index (κ3) is 7.23. The zero-order chi connectivity index (χ0) is 23.3. The van der Waals surface area contributed by atoms with E-state index in [0.29, 0.717) is 31.7 Å². The van der Waals surface area contributed by atoms with Crippen LogP contribution >= 0.6 is 36.4 Å². The summed E-state index contributed by atoms with van der Waals surface area (Å²) in [6.45, 7) is 11.5. The number of carbonyl (C=O) groups is 1. The number of nitrogens with zero attached hydrogens (tertiary/aromatic N) is 2. The van der Waals surface area contributed by atoms with Gasteiger partial charge in [0.25, 0.3) is 0 Å². The summed E-state index contributed by atoms with van der Waals surface area (Å²) in [6, 6.07) is 1.91. The predicted octanol–water partition coefficient (Wildman–Crippen LogP) is 3.78. The van der Waals surface area contributed by atoms with E-state index in [2.05, 4.69) is 23.6 Å². The molecule has 0 spiro atoms. The van der Waals surface area contributed by atoms with E-state index in [0.717, 1.165) is 49.2 Å². The number of aliphatic carboxylic acids is 1. The molecule has 1 saturated heterocycles. The molecule has 0 radical (unpaired) electrons. The van der Waals surface area contributed by atoms with E-state index in [1.807, 2.05) is 13.0 Å². The number of aryl methyl sites for hydroxylation is 1. The smallest absolute Gasteiger partial charge is 0.341 e. The van der Waals surface area contributed by atoms with Gasteiger partial charge in [-0.3, -0.25) is 4.90 Å². The molecule has 0 amide bonds. The van der Waals surface area contributed by atoms with Crippen LogP contribution in [0.25, 0.3) is 11.0 Å². The maximum atomic E-state index is 12.8. The van der Waals surface area contributed by atoms with Gasteiger partial charge in [0.05, 0.1) is 13.2 Å². The normalized spacial score (nSPS) is 14.0. The summed E-state index contributed by atoms with van der Waals surface area (Å²) in [5.74, 6) is -0.866. The van der Waals surface area contributed by atoms with Gasteiger partial charge in [0, 0.05) is 42.7 Å². The first-order valence-corrected chi connectivity index (χ1v) is 11.4. The van der Waals surface area contributed by atoms with Gasteiger partial charge < -0.3 is 23.9 Å². The first kappa shape index (κ1) is 30.5. The van der Waals surface area contributed by atoms with E-state index >= 15 is 0 Å². The van der Waals surface area contributed by atoms with Crippen molar-refractivity contribution in [1.29, 1.82) is 0 Å². The predicted molar refractivity (Wildman–Crippen MR) is 137 cm³/mol. The first-order chi connectivity index (χ1) is 15.3. The molecule has 0 unspecified atom stereocenters. The number of halogens is 3. The largest absolute Gasteiger partial charge is 0.480 e. The molecular formula is C23H33Cl3N2O6. The van der Waals surface area contributed by atoms with Crippen molar-refractivity contribution in [2.24, 2.45) is 0 Å². The molecule has 11 heteroatoms. The van der Waals surface area contributed by atoms with Crippen LogP contribution in [0.15, 0.2) is 15.3 Å². The van der Waals surface area contributed by atoms with Gasteiger partial charge in [-0.15, -0.1) is 24.8 Å². The molecule has 1 fully saturated rings. The van der Waals surface area contributed by atoms with Crippen molar-refractivity contribution in [1.82, 2.24) is 9.80 Å². The molecule has 1 aliphatic heterocycles. The highest BCUT2D eigenvalue weighted by Crippen LogP contribution is 2.38. The Bertz CT molecular complexity index is 1020. The van der Waals surface area contributed by atoms with E-state index < -0.39 is 18.2 Å². The lowest BCUT2D eigenvalue weighted by Gasteiger charge is -2.27. The maximum Gasteiger partial charge on any atom is 0.341 e. The van der Waals surface area contributed by atoms with Gasteiger partial charge in [0.2, 0.25) is 0 Å². The van der Waals surface area contributed by atoms with E-state index in [1.54, 1.807) is 0 Å². The third-order valence-corrected chi connectivity index (χ3v) is 6.30. The Labute approximate surface area is 216 Å². The Balaban J connectivity index is 0.00000289. The van der Waals surface area contributed by atoms with Crippen molar-refractivity contribution < 1.29 is 23.8 Å². The van der Waals surface area contributed by atoms with Gasteiger partial charge in [-0.05, 0) is 38.1 Å². The molecule has 1 aliphatic rings. The summed E-state index contributed by atoms with van der Waals surface area (Å²) in [5.41, 5.74) is 2.04. The van der Waals surface area contributed by atoms with Gasteiger partial charge in [0.1, 0.15) is 10.8 Å². The van der Waals surface area contributed by atoms with Gasteiger partial charge in [-0.1, -0.05) is 25.4 Å². The number of fused-ring (bicyclic) bond motifs is 1. The lowest BCUT2D eigenvalue weighted by molar-refractivity contribution is -0.139. The molecule has 8 nitrogen and oxygen atoms in total. The quantitative estimate of drug-likeness (QED) is 0.456. The highest BCUT2D eigenvalue weighted by atomic mass is 35.5. The van der Waals surface area contributed by atoms with Gasteiger partial charge in [-0.25, -0.2) is 9.59 Å². The minimum Gasteiger partial charge on any atom is -0.480 e. The monoisotopic (exact) mass is 538 g/mol. The van der Waals surface area contributed by atoms with Crippen LogP contribution in [0.4, 0.5) is 0 Å². The Morgan fingerprint density at radius 3 is 2.47 bits per heavy atom. The number of hydrogen-bond acceptors (Lipinski definition) is 7. The number of rotatable bonds is 10. The molecule has 1 aromatic carbocycles. The Morgan fingerprint density at radius 1 is 1.24 bits per heavy atom. The highest BCUT2D eigenvalue weighted by molar-refractivity contribution is 6.36. The van der Waals surface area contributed by atoms with Crippen LogP contribution in [0.3, 0.4) is 0 Å². The summed E-state index contributed by atoms with van der Waals surface area (Å²) in [4.78, 5) is 28.3. The van der Waals surface area contributed by atoms with Crippen LogP contribution in [0.5, 0.6) is 5.75 Å². The van der Waals surface area contributed by atoms with Crippen LogP contribution < -0.4 is 10.4 Å². The second kappa shape index (κ2) is 14.1. The van der Waals surface area contributed by atoms with Crippen molar-refractivity contribution >= 4 is 53.4 Å². The van der Waals surface area contributed by atoms with Crippen molar-refractivity contribution in [2.75, 3.05) is 52.5 Å².